The Morgan fingerprint density at radius 2 is 2.06 bits per heavy atom. The van der Waals surface area contributed by atoms with E-state index in [1.54, 1.807) is 24.8 Å². The van der Waals surface area contributed by atoms with Gasteiger partial charge in [0, 0.05) is 24.5 Å². The molecule has 0 amide bonds. The molecule has 0 aromatic carbocycles. The zero-order valence-corrected chi connectivity index (χ0v) is 8.55. The fourth-order valence-electron chi connectivity index (χ4n) is 1.99. The number of hydrogen-bond donors (Lipinski definition) is 0. The predicted octanol–water partition coefficient (Wildman–Crippen LogP) is 2.44. The van der Waals surface area contributed by atoms with Crippen LogP contribution in [-0.2, 0) is 0 Å². The third-order valence-electron chi connectivity index (χ3n) is 2.79. The van der Waals surface area contributed by atoms with Crippen LogP contribution in [0.2, 0.25) is 0 Å². The molecule has 1 aromatic heterocycles. The van der Waals surface area contributed by atoms with Crippen molar-refractivity contribution in [1.82, 2.24) is 4.98 Å². The molecule has 1 aliphatic carbocycles. The molecule has 0 radical (unpaired) electrons. The Labute approximate surface area is 92.6 Å². The molecule has 16 heavy (non-hydrogen) atoms. The molecule has 4 heteroatoms. The van der Waals surface area contributed by atoms with Gasteiger partial charge < -0.3 is 4.90 Å². The van der Waals surface area contributed by atoms with Gasteiger partial charge in [0.25, 0.3) is 0 Å². The van der Waals surface area contributed by atoms with E-state index in [-0.39, 0.29) is 11.9 Å². The van der Waals surface area contributed by atoms with Crippen molar-refractivity contribution >= 4 is 12.0 Å². The highest BCUT2D eigenvalue weighted by Crippen LogP contribution is 2.31. The number of hydrogen-bond acceptors (Lipinski definition) is 3. The lowest BCUT2D eigenvalue weighted by Gasteiger charge is -2.25. The molecule has 3 rings (SSSR count). The van der Waals surface area contributed by atoms with Gasteiger partial charge in [0.1, 0.15) is 5.83 Å². The summed E-state index contributed by atoms with van der Waals surface area (Å²) >= 11 is 0. The molecule has 2 heterocycles. The highest BCUT2D eigenvalue weighted by Gasteiger charge is 2.29. The molecule has 0 bridgehead atoms. The van der Waals surface area contributed by atoms with Gasteiger partial charge in [-0.2, -0.15) is 0 Å². The molecule has 2 aliphatic rings. The van der Waals surface area contributed by atoms with E-state index < -0.39 is 0 Å². The minimum absolute atomic E-state index is 0.00704. The molecule has 0 fully saturated rings. The summed E-state index contributed by atoms with van der Waals surface area (Å²) in [5.74, 6) is -0.0988. The van der Waals surface area contributed by atoms with Gasteiger partial charge in [0.2, 0.25) is 0 Å². The number of halogens is 1. The zero-order chi connectivity index (χ0) is 11.0. The second-order valence-electron chi connectivity index (χ2n) is 3.78. The first kappa shape index (κ1) is 9.27. The van der Waals surface area contributed by atoms with Gasteiger partial charge >= 0.3 is 0 Å². The summed E-state index contributed by atoms with van der Waals surface area (Å²) in [5.41, 5.74) is 1.90. The third kappa shape index (κ3) is 1.43. The maximum atomic E-state index is 13.2. The fraction of sp³-hybridized carbons (Fsp3) is 0.167. The van der Waals surface area contributed by atoms with Crippen molar-refractivity contribution in [1.29, 1.82) is 0 Å². The van der Waals surface area contributed by atoms with E-state index in [0.29, 0.717) is 6.42 Å². The first-order valence-electron chi connectivity index (χ1n) is 5.13. The van der Waals surface area contributed by atoms with E-state index in [0.717, 1.165) is 11.4 Å². The molecular formula is C12H10FN3. The lowest BCUT2D eigenvalue weighted by atomic mass is 10.0. The van der Waals surface area contributed by atoms with Crippen molar-refractivity contribution in [2.75, 3.05) is 4.90 Å². The molecule has 0 saturated carbocycles. The average molecular weight is 215 g/mol. The second-order valence-corrected chi connectivity index (χ2v) is 3.78. The largest absolute Gasteiger partial charge is 0.323 e. The van der Waals surface area contributed by atoms with Gasteiger partial charge in [-0.3, -0.25) is 4.98 Å². The van der Waals surface area contributed by atoms with Crippen LogP contribution in [0.3, 0.4) is 0 Å². The van der Waals surface area contributed by atoms with Gasteiger partial charge in [0.05, 0.1) is 18.1 Å². The van der Waals surface area contributed by atoms with Crippen molar-refractivity contribution in [3.63, 3.8) is 0 Å². The number of aromatic nitrogens is 1. The van der Waals surface area contributed by atoms with Gasteiger partial charge in [-0.25, -0.2) is 9.38 Å². The highest BCUT2D eigenvalue weighted by atomic mass is 19.1. The maximum absolute atomic E-state index is 13.2. The molecule has 3 nitrogen and oxygen atoms in total. The Bertz CT molecular complexity index is 490. The van der Waals surface area contributed by atoms with Gasteiger partial charge in [0.15, 0.2) is 0 Å². The molecule has 1 aliphatic heterocycles. The number of anilines is 1. The van der Waals surface area contributed by atoms with E-state index >= 15 is 0 Å². The van der Waals surface area contributed by atoms with Crippen LogP contribution in [0.5, 0.6) is 0 Å². The lowest BCUT2D eigenvalue weighted by molar-refractivity contribution is 0.556. The number of aliphatic imine (C=N–C) groups is 1. The summed E-state index contributed by atoms with van der Waals surface area (Å²) in [5, 5.41) is 0. The van der Waals surface area contributed by atoms with Crippen LogP contribution in [0.25, 0.3) is 0 Å². The summed E-state index contributed by atoms with van der Waals surface area (Å²) in [7, 11) is 0. The standard InChI is InChI=1S/C12H10FN3/c13-9-1-2-11-12(7-9)16(8-15-11)10-3-5-14-6-4-10/h1-6,8,12H,7H2. The van der Waals surface area contributed by atoms with Gasteiger partial charge in [-0.05, 0) is 24.3 Å². The molecule has 0 N–H and O–H groups in total. The summed E-state index contributed by atoms with van der Waals surface area (Å²) in [4.78, 5) is 10.2. The van der Waals surface area contributed by atoms with E-state index in [1.165, 1.54) is 6.08 Å². The fourth-order valence-corrected chi connectivity index (χ4v) is 1.99. The molecular weight excluding hydrogens is 205 g/mol. The number of rotatable bonds is 1. The van der Waals surface area contributed by atoms with Crippen LogP contribution < -0.4 is 4.90 Å². The predicted molar refractivity (Wildman–Crippen MR) is 60.9 cm³/mol. The number of pyridine rings is 1. The van der Waals surface area contributed by atoms with Crippen LogP contribution in [0.15, 0.2) is 53.2 Å². The molecule has 0 saturated heterocycles. The van der Waals surface area contributed by atoms with Crippen molar-refractivity contribution in [2.45, 2.75) is 12.5 Å². The smallest absolute Gasteiger partial charge is 0.102 e. The number of fused-ring (bicyclic) bond motifs is 1. The van der Waals surface area contributed by atoms with Crippen molar-refractivity contribution < 1.29 is 4.39 Å². The van der Waals surface area contributed by atoms with E-state index in [1.807, 2.05) is 17.0 Å². The topological polar surface area (TPSA) is 28.5 Å². The summed E-state index contributed by atoms with van der Waals surface area (Å²) in [6.45, 7) is 0. The SMILES string of the molecule is FC1=CC=C2N=CN(c3ccncc3)C2C1. The van der Waals surface area contributed by atoms with Gasteiger partial charge in [-0.15, -0.1) is 0 Å². The molecule has 0 spiro atoms. The Hall–Kier alpha value is -1.97. The number of nitrogens with zero attached hydrogens (tertiary/aromatic N) is 3. The third-order valence-corrected chi connectivity index (χ3v) is 2.79. The van der Waals surface area contributed by atoms with Crippen molar-refractivity contribution in [3.8, 4) is 0 Å². The van der Waals surface area contributed by atoms with Crippen LogP contribution in [0.4, 0.5) is 10.1 Å². The van der Waals surface area contributed by atoms with E-state index in [9.17, 15) is 4.39 Å². The Kier molecular flexibility index (Phi) is 2.06. The highest BCUT2D eigenvalue weighted by molar-refractivity contribution is 5.85. The second kappa shape index (κ2) is 3.56. The van der Waals surface area contributed by atoms with Crippen molar-refractivity contribution in [2.24, 2.45) is 4.99 Å². The van der Waals surface area contributed by atoms with Crippen LogP contribution >= 0.6 is 0 Å². The lowest BCUT2D eigenvalue weighted by Crippen LogP contribution is -2.31. The first-order valence-corrected chi connectivity index (χ1v) is 5.13. The molecule has 1 unspecified atom stereocenters. The minimum Gasteiger partial charge on any atom is -0.323 e. The van der Waals surface area contributed by atoms with E-state index in [4.69, 9.17) is 0 Å². The quantitative estimate of drug-likeness (QED) is 0.719. The molecule has 1 atom stereocenters. The maximum Gasteiger partial charge on any atom is 0.102 e. The summed E-state index contributed by atoms with van der Waals surface area (Å²) in [6, 6.07) is 3.78. The van der Waals surface area contributed by atoms with Crippen LogP contribution in [0.1, 0.15) is 6.42 Å². The average Bonchev–Trinajstić information content (AvgIpc) is 2.73. The zero-order valence-electron chi connectivity index (χ0n) is 8.55. The summed E-state index contributed by atoms with van der Waals surface area (Å²) in [6.07, 6.45) is 8.80. The molecule has 1 aromatic rings. The van der Waals surface area contributed by atoms with Gasteiger partial charge in [-0.1, -0.05) is 0 Å². The van der Waals surface area contributed by atoms with Crippen molar-refractivity contribution in [3.05, 3.63) is 48.2 Å². The summed E-state index contributed by atoms with van der Waals surface area (Å²) < 4.78 is 13.2. The monoisotopic (exact) mass is 215 g/mol. The molecule has 80 valence electrons. The normalized spacial score (nSPS) is 22.8. The number of allylic oxidation sites excluding steroid dienone is 2. The first-order chi connectivity index (χ1) is 7.84. The van der Waals surface area contributed by atoms with Crippen LogP contribution in [0, 0.1) is 0 Å². The minimum atomic E-state index is -0.0988. The van der Waals surface area contributed by atoms with Crippen LogP contribution in [-0.4, -0.2) is 17.4 Å². The Morgan fingerprint density at radius 3 is 2.88 bits per heavy atom. The Balaban J connectivity index is 1.94. The Morgan fingerprint density at radius 1 is 1.25 bits per heavy atom. The van der Waals surface area contributed by atoms with E-state index in [2.05, 4.69) is 9.98 Å².